The van der Waals surface area contributed by atoms with Gasteiger partial charge in [0, 0.05) is 29.4 Å². The zero-order valence-electron chi connectivity index (χ0n) is 22.2. The largest absolute Gasteiger partial charge is 0.487 e. The molecule has 5 rings (SSSR count). The van der Waals surface area contributed by atoms with Gasteiger partial charge in [-0.1, -0.05) is 23.7 Å². The SMILES string of the molecule is CS(=O)(=O)CCNCc1ccc(-c2ccc3ncnc(CNc4ccc(OCc5cccc(F)c5)c(Cl)c4)c3c2)o1. The molecular formula is C30H28ClFN4O4S. The molecule has 2 aromatic heterocycles. The normalized spacial score (nSPS) is 11.6. The molecule has 3 aromatic carbocycles. The number of benzene rings is 3. The molecule has 2 N–H and O–H groups in total. The van der Waals surface area contributed by atoms with Gasteiger partial charge in [-0.25, -0.2) is 22.8 Å². The van der Waals surface area contributed by atoms with E-state index in [1.165, 1.54) is 24.7 Å². The van der Waals surface area contributed by atoms with E-state index in [9.17, 15) is 12.8 Å². The van der Waals surface area contributed by atoms with Crippen LogP contribution in [0.3, 0.4) is 0 Å². The fourth-order valence-electron chi connectivity index (χ4n) is 4.20. The first-order valence-corrected chi connectivity index (χ1v) is 15.3. The van der Waals surface area contributed by atoms with E-state index in [2.05, 4.69) is 20.6 Å². The second-order valence-corrected chi connectivity index (χ2v) is 12.2. The number of furan rings is 1. The topological polar surface area (TPSA) is 106 Å². The molecule has 0 unspecified atom stereocenters. The van der Waals surface area contributed by atoms with E-state index in [-0.39, 0.29) is 18.2 Å². The zero-order valence-corrected chi connectivity index (χ0v) is 23.8. The molecule has 2 heterocycles. The summed E-state index contributed by atoms with van der Waals surface area (Å²) in [6.45, 7) is 1.42. The minimum atomic E-state index is -3.01. The van der Waals surface area contributed by atoms with E-state index in [0.717, 1.165) is 27.8 Å². The van der Waals surface area contributed by atoms with E-state index >= 15 is 0 Å². The van der Waals surface area contributed by atoms with E-state index in [1.54, 1.807) is 24.3 Å². The van der Waals surface area contributed by atoms with Crippen LogP contribution in [-0.2, 0) is 29.5 Å². The summed E-state index contributed by atoms with van der Waals surface area (Å²) in [7, 11) is -3.01. The van der Waals surface area contributed by atoms with Crippen LogP contribution in [0.4, 0.5) is 10.1 Å². The van der Waals surface area contributed by atoms with E-state index in [0.29, 0.717) is 47.5 Å². The number of rotatable bonds is 12. The molecule has 0 radical (unpaired) electrons. The molecule has 0 spiro atoms. The predicted molar refractivity (Wildman–Crippen MR) is 158 cm³/mol. The predicted octanol–water partition coefficient (Wildman–Crippen LogP) is 6.01. The van der Waals surface area contributed by atoms with Gasteiger partial charge >= 0.3 is 0 Å². The van der Waals surface area contributed by atoms with Crippen LogP contribution in [-0.4, -0.2) is 36.9 Å². The average molecular weight is 595 g/mol. The standard InChI is InChI=1S/C30H28ClFN4O4S/c1-41(37,38)12-11-33-16-24-7-10-29(40-24)21-5-8-27-25(14-21)28(36-19-35-27)17-34-23-6-9-30(26(31)15-23)39-18-20-3-2-4-22(32)13-20/h2-10,13-15,19,33-34H,11-12,16-18H2,1H3. The second kappa shape index (κ2) is 12.7. The van der Waals surface area contributed by atoms with Crippen LogP contribution >= 0.6 is 11.6 Å². The van der Waals surface area contributed by atoms with E-state index < -0.39 is 9.84 Å². The molecule has 11 heteroatoms. The number of halogens is 2. The first kappa shape index (κ1) is 28.5. The molecule has 0 aliphatic carbocycles. The van der Waals surface area contributed by atoms with E-state index in [1.807, 2.05) is 36.4 Å². The first-order valence-electron chi connectivity index (χ1n) is 12.9. The lowest BCUT2D eigenvalue weighted by atomic mass is 10.1. The summed E-state index contributed by atoms with van der Waals surface area (Å²) in [6, 6.07) is 21.2. The molecule has 8 nitrogen and oxygen atoms in total. The molecule has 0 saturated heterocycles. The molecule has 0 saturated carbocycles. The van der Waals surface area contributed by atoms with Crippen LogP contribution in [0, 0.1) is 5.82 Å². The number of sulfone groups is 1. The van der Waals surface area contributed by atoms with Crippen molar-refractivity contribution >= 4 is 38.0 Å². The van der Waals surface area contributed by atoms with Gasteiger partial charge in [0.25, 0.3) is 0 Å². The van der Waals surface area contributed by atoms with Gasteiger partial charge in [-0.2, -0.15) is 0 Å². The number of hydrogen-bond donors (Lipinski definition) is 2. The summed E-state index contributed by atoms with van der Waals surface area (Å²) in [5, 5.41) is 7.75. The summed E-state index contributed by atoms with van der Waals surface area (Å²) >= 11 is 6.45. The molecular weight excluding hydrogens is 567 g/mol. The third-order valence-corrected chi connectivity index (χ3v) is 7.53. The second-order valence-electron chi connectivity index (χ2n) is 9.54. The quantitative estimate of drug-likeness (QED) is 0.169. The number of ether oxygens (including phenoxy) is 1. The molecule has 5 aromatic rings. The highest BCUT2D eigenvalue weighted by Crippen LogP contribution is 2.30. The maximum Gasteiger partial charge on any atom is 0.148 e. The van der Waals surface area contributed by atoms with Crippen LogP contribution < -0.4 is 15.4 Å². The summed E-state index contributed by atoms with van der Waals surface area (Å²) < 4.78 is 47.8. The van der Waals surface area contributed by atoms with Crippen LogP contribution in [0.25, 0.3) is 22.2 Å². The van der Waals surface area contributed by atoms with Crippen molar-refractivity contribution in [3.05, 3.63) is 107 Å². The number of nitrogens with zero attached hydrogens (tertiary/aromatic N) is 2. The Hall–Kier alpha value is -3.99. The van der Waals surface area contributed by atoms with Crippen LogP contribution in [0.15, 0.2) is 83.5 Å². The molecule has 0 bridgehead atoms. The fourth-order valence-corrected chi connectivity index (χ4v) is 4.95. The van der Waals surface area contributed by atoms with Gasteiger partial charge < -0.3 is 19.8 Å². The number of aromatic nitrogens is 2. The Morgan fingerprint density at radius 3 is 2.68 bits per heavy atom. The highest BCUT2D eigenvalue weighted by Gasteiger charge is 2.11. The van der Waals surface area contributed by atoms with Crippen molar-refractivity contribution in [3.63, 3.8) is 0 Å². The van der Waals surface area contributed by atoms with Crippen LogP contribution in [0.2, 0.25) is 5.02 Å². The molecule has 0 atom stereocenters. The Kier molecular flexibility index (Phi) is 8.82. The van der Waals surface area contributed by atoms with Crippen molar-refractivity contribution in [2.45, 2.75) is 19.7 Å². The van der Waals surface area contributed by atoms with E-state index in [4.69, 9.17) is 20.8 Å². The lowest BCUT2D eigenvalue weighted by Gasteiger charge is -2.12. The maximum atomic E-state index is 13.4. The Morgan fingerprint density at radius 2 is 1.88 bits per heavy atom. The monoisotopic (exact) mass is 594 g/mol. The molecule has 41 heavy (non-hydrogen) atoms. The lowest BCUT2D eigenvalue weighted by molar-refractivity contribution is 0.306. The van der Waals surface area contributed by atoms with Gasteiger partial charge in [-0.3, -0.25) is 0 Å². The number of fused-ring (bicyclic) bond motifs is 1. The Morgan fingerprint density at radius 1 is 1.00 bits per heavy atom. The number of anilines is 1. The minimum absolute atomic E-state index is 0.0722. The van der Waals surface area contributed by atoms with Crippen molar-refractivity contribution in [3.8, 4) is 17.1 Å². The first-order chi connectivity index (χ1) is 19.7. The third-order valence-electron chi connectivity index (χ3n) is 6.29. The molecule has 0 fully saturated rings. The van der Waals surface area contributed by atoms with Gasteiger partial charge in [-0.15, -0.1) is 0 Å². The highest BCUT2D eigenvalue weighted by atomic mass is 35.5. The number of hydrogen-bond acceptors (Lipinski definition) is 8. The summed E-state index contributed by atoms with van der Waals surface area (Å²) in [5.41, 5.74) is 3.97. The van der Waals surface area contributed by atoms with Gasteiger partial charge in [0.05, 0.1) is 35.1 Å². The summed E-state index contributed by atoms with van der Waals surface area (Å²) in [5.74, 6) is 1.66. The van der Waals surface area contributed by atoms with Crippen molar-refractivity contribution < 1.29 is 22.0 Å². The van der Waals surface area contributed by atoms with Crippen molar-refractivity contribution in [1.82, 2.24) is 15.3 Å². The average Bonchev–Trinajstić information content (AvgIpc) is 3.42. The van der Waals surface area contributed by atoms with Gasteiger partial charge in [-0.05, 0) is 66.2 Å². The van der Waals surface area contributed by atoms with Crippen molar-refractivity contribution in [2.75, 3.05) is 23.9 Å². The highest BCUT2D eigenvalue weighted by molar-refractivity contribution is 7.90. The summed E-state index contributed by atoms with van der Waals surface area (Å²) in [4.78, 5) is 8.88. The third kappa shape index (κ3) is 7.81. The van der Waals surface area contributed by atoms with Crippen LogP contribution in [0.1, 0.15) is 17.0 Å². The maximum absolute atomic E-state index is 13.4. The zero-order chi connectivity index (χ0) is 28.8. The molecule has 212 valence electrons. The lowest BCUT2D eigenvalue weighted by Crippen LogP contribution is -2.21. The molecule has 0 amide bonds. The molecule has 0 aliphatic heterocycles. The Bertz CT molecular complexity index is 1780. The van der Waals surface area contributed by atoms with Crippen molar-refractivity contribution in [1.29, 1.82) is 0 Å². The number of nitrogens with one attached hydrogen (secondary N) is 2. The van der Waals surface area contributed by atoms with Gasteiger partial charge in [0.1, 0.15) is 45.9 Å². The van der Waals surface area contributed by atoms with Crippen LogP contribution in [0.5, 0.6) is 5.75 Å². The molecule has 0 aliphatic rings. The summed E-state index contributed by atoms with van der Waals surface area (Å²) in [6.07, 6.45) is 2.74. The smallest absolute Gasteiger partial charge is 0.148 e. The Balaban J connectivity index is 1.24. The Labute approximate surface area is 242 Å². The van der Waals surface area contributed by atoms with Gasteiger partial charge in [0.2, 0.25) is 0 Å². The van der Waals surface area contributed by atoms with Crippen molar-refractivity contribution in [2.24, 2.45) is 0 Å². The fraction of sp³-hybridized carbons (Fsp3) is 0.200. The minimum Gasteiger partial charge on any atom is -0.487 e. The van der Waals surface area contributed by atoms with Gasteiger partial charge in [0.15, 0.2) is 0 Å².